The van der Waals surface area contributed by atoms with E-state index in [1.807, 2.05) is 44.2 Å². The van der Waals surface area contributed by atoms with Gasteiger partial charge in [-0.3, -0.25) is 9.36 Å². The first kappa shape index (κ1) is 36.9. The van der Waals surface area contributed by atoms with Crippen molar-refractivity contribution in [3.63, 3.8) is 0 Å². The second kappa shape index (κ2) is 14.9. The average molecular weight is 686 g/mol. The van der Waals surface area contributed by atoms with Crippen LogP contribution in [0, 0.1) is 12.7 Å². The van der Waals surface area contributed by atoms with Gasteiger partial charge in [0.1, 0.15) is 11.6 Å². The van der Waals surface area contributed by atoms with E-state index in [1.54, 1.807) is 29.0 Å². The summed E-state index contributed by atoms with van der Waals surface area (Å²) in [6, 6.07) is 12.2. The number of hydrogen-bond donors (Lipinski definition) is 3. The van der Waals surface area contributed by atoms with Crippen LogP contribution in [0.5, 0.6) is 0 Å². The number of aromatic nitrogens is 4. The molecule has 3 N–H and O–H groups in total. The van der Waals surface area contributed by atoms with Crippen molar-refractivity contribution in [1.82, 2.24) is 24.6 Å². The summed E-state index contributed by atoms with van der Waals surface area (Å²) >= 11 is 0. The molecular formula is C35H43FKN6O5+. The predicted octanol–water partition coefficient (Wildman–Crippen LogP) is 1.77. The van der Waals surface area contributed by atoms with Crippen LogP contribution < -0.4 is 62.4 Å². The van der Waals surface area contributed by atoms with Crippen molar-refractivity contribution >= 4 is 11.6 Å². The molecule has 2 aliphatic rings. The molecule has 1 unspecified atom stereocenters. The minimum Gasteiger partial charge on any atom is -0.388 e. The van der Waals surface area contributed by atoms with Crippen LogP contribution in [0.25, 0.3) is 16.9 Å². The monoisotopic (exact) mass is 685 g/mol. The van der Waals surface area contributed by atoms with Crippen LogP contribution in [0.15, 0.2) is 52.3 Å². The Morgan fingerprint density at radius 1 is 1.17 bits per heavy atom. The van der Waals surface area contributed by atoms with Crippen LogP contribution in [-0.2, 0) is 22.4 Å². The van der Waals surface area contributed by atoms with Crippen molar-refractivity contribution in [2.24, 2.45) is 4.99 Å². The Balaban J connectivity index is 0.00000451. The number of halogens is 1. The van der Waals surface area contributed by atoms with E-state index in [0.29, 0.717) is 64.5 Å². The fraction of sp³-hybridized carbons (Fsp3) is 0.486. The van der Waals surface area contributed by atoms with Crippen LogP contribution in [0.4, 0.5) is 4.39 Å². The number of nitrogens with zero attached hydrogens (tertiary/aromatic N) is 5. The van der Waals surface area contributed by atoms with Gasteiger partial charge in [-0.15, -0.1) is 0 Å². The van der Waals surface area contributed by atoms with Crippen LogP contribution in [-0.4, -0.2) is 59.4 Å². The van der Waals surface area contributed by atoms with E-state index < -0.39 is 23.4 Å². The van der Waals surface area contributed by atoms with E-state index in [9.17, 15) is 15.0 Å². The number of aryl methyl sites for hydroxylation is 2. The summed E-state index contributed by atoms with van der Waals surface area (Å²) in [7, 11) is 0. The maximum atomic E-state index is 16.0. The molecular weight excluding hydrogens is 643 g/mol. The summed E-state index contributed by atoms with van der Waals surface area (Å²) in [4.78, 5) is 28.2. The number of ether oxygens (including phenoxy) is 1. The second-order valence-electron chi connectivity index (χ2n) is 13.6. The topological polar surface area (TPSA) is 136 Å². The summed E-state index contributed by atoms with van der Waals surface area (Å²) in [5, 5.41) is 24.6. The van der Waals surface area contributed by atoms with Gasteiger partial charge >= 0.3 is 51.4 Å². The minimum atomic E-state index is -1.31. The number of nitrogens with one attached hydrogen (secondary N) is 1. The van der Waals surface area contributed by atoms with Gasteiger partial charge in [-0.1, -0.05) is 49.7 Å². The molecule has 250 valence electrons. The largest absolute Gasteiger partial charge is 1.00 e. The molecule has 1 aliphatic carbocycles. The minimum absolute atomic E-state index is 0. The molecule has 0 amide bonds. The van der Waals surface area contributed by atoms with Gasteiger partial charge in [0.15, 0.2) is 5.84 Å². The van der Waals surface area contributed by atoms with Gasteiger partial charge in [-0.05, 0) is 82.6 Å². The standard InChI is InChI=1S/C35H43FN6O5.K/c1-6-9-29-27(18-23-13-12-22(19-28(23)36)25-10-7-8-11-26(25)30-38-33(44)47-40-30)31(43)41(32-37-21(2)39-42(29)32)24-14-16-35(5,17-15-24)46-20-34(3,4)45;/h7-8,10-13,19,24,33,44-45H,6,9,14-18,20H2,1-5H3,(H,38,40);/q;+1. The van der Waals surface area contributed by atoms with E-state index in [2.05, 4.69) is 17.4 Å². The first-order valence-electron chi connectivity index (χ1n) is 16.3. The van der Waals surface area contributed by atoms with Gasteiger partial charge in [0, 0.05) is 23.6 Å². The van der Waals surface area contributed by atoms with Gasteiger partial charge < -0.3 is 14.9 Å². The Kier molecular flexibility index (Phi) is 11.4. The van der Waals surface area contributed by atoms with Gasteiger partial charge in [0.25, 0.3) is 12.0 Å². The van der Waals surface area contributed by atoms with Crippen molar-refractivity contribution in [3.8, 4) is 11.1 Å². The second-order valence-corrected chi connectivity index (χ2v) is 13.6. The van der Waals surface area contributed by atoms with Crippen molar-refractivity contribution < 1.29 is 75.6 Å². The van der Waals surface area contributed by atoms with E-state index >= 15 is 4.39 Å². The third-order valence-electron chi connectivity index (χ3n) is 9.05. The molecule has 1 fully saturated rings. The van der Waals surface area contributed by atoms with Crippen LogP contribution >= 0.6 is 0 Å². The third kappa shape index (κ3) is 7.84. The summed E-state index contributed by atoms with van der Waals surface area (Å²) in [6.45, 7) is 9.60. The number of fused-ring (bicyclic) bond motifs is 1. The normalized spacial score (nSPS) is 21.2. The molecule has 1 atom stereocenters. The smallest absolute Gasteiger partial charge is 0.388 e. The molecule has 6 rings (SSSR count). The van der Waals surface area contributed by atoms with Gasteiger partial charge in [0.2, 0.25) is 5.78 Å². The fourth-order valence-electron chi connectivity index (χ4n) is 6.58. The zero-order chi connectivity index (χ0) is 33.5. The predicted molar refractivity (Wildman–Crippen MR) is 176 cm³/mol. The quantitative estimate of drug-likeness (QED) is 0.215. The number of aliphatic imine (C=N–C) groups is 1. The molecule has 48 heavy (non-hydrogen) atoms. The van der Waals surface area contributed by atoms with Crippen LogP contribution in [0.2, 0.25) is 0 Å². The zero-order valence-electron chi connectivity index (χ0n) is 28.6. The Morgan fingerprint density at radius 2 is 1.88 bits per heavy atom. The summed E-state index contributed by atoms with van der Waals surface area (Å²) in [5.41, 5.74) is 4.77. The molecule has 13 heteroatoms. The number of benzene rings is 2. The maximum absolute atomic E-state index is 16.0. The molecule has 1 saturated carbocycles. The number of hydrogen-bond acceptors (Lipinski definition) is 9. The first-order chi connectivity index (χ1) is 22.4. The Hall–Kier alpha value is -2.33. The number of hydroxylamine groups is 1. The molecule has 0 radical (unpaired) electrons. The van der Waals surface area contributed by atoms with Crippen LogP contribution in [0.3, 0.4) is 0 Å². The SMILES string of the molecule is CCCc1c(Cc2ccc(-c3ccccc3C3=NC(O)ON3)cc2F)c(=O)n(C2CCC(C)(OCC(C)(C)O)CC2)c2nc(C)nn12.[K+]. The molecule has 3 heterocycles. The molecule has 0 bridgehead atoms. The molecule has 11 nitrogen and oxygen atoms in total. The van der Waals surface area contributed by atoms with Crippen molar-refractivity contribution in [2.75, 3.05) is 6.61 Å². The molecule has 4 aromatic rings. The summed E-state index contributed by atoms with van der Waals surface area (Å²) in [5.74, 6) is 0.993. The number of aliphatic hydroxyl groups is 2. The molecule has 2 aromatic carbocycles. The molecule has 1 aliphatic heterocycles. The van der Waals surface area contributed by atoms with Gasteiger partial charge in [-0.2, -0.15) is 10.1 Å². The zero-order valence-corrected chi connectivity index (χ0v) is 31.7. The average Bonchev–Trinajstić information content (AvgIpc) is 3.64. The Bertz CT molecular complexity index is 1880. The third-order valence-corrected chi connectivity index (χ3v) is 9.05. The van der Waals surface area contributed by atoms with E-state index in [1.165, 1.54) is 6.07 Å². The van der Waals surface area contributed by atoms with Gasteiger partial charge in [0.05, 0.1) is 23.5 Å². The molecule has 2 aromatic heterocycles. The number of aliphatic hydroxyl groups excluding tert-OH is 1. The number of amidine groups is 1. The van der Waals surface area contributed by atoms with E-state index in [-0.39, 0.29) is 76.0 Å². The molecule has 0 spiro atoms. The number of rotatable bonds is 10. The summed E-state index contributed by atoms with van der Waals surface area (Å²) < 4.78 is 25.7. The van der Waals surface area contributed by atoms with E-state index in [0.717, 1.165) is 25.0 Å². The Morgan fingerprint density at radius 3 is 2.50 bits per heavy atom. The van der Waals surface area contributed by atoms with E-state index in [4.69, 9.17) is 19.7 Å². The maximum Gasteiger partial charge on any atom is 1.00 e. The van der Waals surface area contributed by atoms with Crippen molar-refractivity contribution in [1.29, 1.82) is 0 Å². The van der Waals surface area contributed by atoms with Crippen molar-refractivity contribution in [2.45, 2.75) is 103 Å². The first-order valence-corrected chi connectivity index (χ1v) is 16.3. The Labute approximate surface area is 322 Å². The fourth-order valence-corrected chi connectivity index (χ4v) is 6.58. The summed E-state index contributed by atoms with van der Waals surface area (Å²) in [6.07, 6.45) is 2.99. The van der Waals surface area contributed by atoms with Gasteiger partial charge in [-0.25, -0.2) is 24.2 Å². The molecule has 0 saturated heterocycles. The van der Waals surface area contributed by atoms with Crippen LogP contribution in [0.1, 0.15) is 94.0 Å². The van der Waals surface area contributed by atoms with Crippen molar-refractivity contribution in [3.05, 3.63) is 86.8 Å².